The van der Waals surface area contributed by atoms with Gasteiger partial charge in [0.05, 0.1) is 0 Å². The first-order valence-electron chi connectivity index (χ1n) is 10.6. The summed E-state index contributed by atoms with van der Waals surface area (Å²) in [7, 11) is 1.90. The molecule has 0 saturated carbocycles. The maximum Gasteiger partial charge on any atom is 0.222 e. The molecule has 2 aromatic rings. The van der Waals surface area contributed by atoms with Gasteiger partial charge < -0.3 is 4.90 Å². The van der Waals surface area contributed by atoms with E-state index in [0.717, 1.165) is 44.2 Å². The average molecular weight is 398 g/mol. The van der Waals surface area contributed by atoms with Gasteiger partial charge in [-0.15, -0.1) is 0 Å². The van der Waals surface area contributed by atoms with Gasteiger partial charge in [0.25, 0.3) is 0 Å². The van der Waals surface area contributed by atoms with Gasteiger partial charge in [-0.2, -0.15) is 0 Å². The van der Waals surface area contributed by atoms with Crippen molar-refractivity contribution in [3.05, 3.63) is 71.0 Å². The molecule has 1 saturated heterocycles. The van der Waals surface area contributed by atoms with Crippen LogP contribution in [0.3, 0.4) is 0 Å². The summed E-state index contributed by atoms with van der Waals surface area (Å²) in [5.41, 5.74) is 10.3. The Morgan fingerprint density at radius 2 is 1.79 bits per heavy atom. The number of rotatable bonds is 9. The highest BCUT2D eigenvalue weighted by Crippen LogP contribution is 2.24. The number of benzene rings is 2. The predicted molar refractivity (Wildman–Crippen MR) is 115 cm³/mol. The summed E-state index contributed by atoms with van der Waals surface area (Å²) >= 11 is 0. The zero-order valence-corrected chi connectivity index (χ0v) is 17.5. The molecule has 1 aliphatic heterocycles. The number of carbonyl (C=O) groups excluding carboxylic acids is 1. The largest absolute Gasteiger partial charge is 0.346 e. The normalized spacial score (nSPS) is 18.7. The summed E-state index contributed by atoms with van der Waals surface area (Å²) in [4.78, 5) is 14.2. The molecule has 2 atom stereocenters. The number of carbonyl (C=O) groups is 1. The van der Waals surface area contributed by atoms with E-state index in [4.69, 9.17) is 0 Å². The van der Waals surface area contributed by atoms with Crippen molar-refractivity contribution in [3.63, 3.8) is 0 Å². The van der Waals surface area contributed by atoms with Crippen molar-refractivity contribution in [1.82, 2.24) is 15.8 Å². The van der Waals surface area contributed by atoms with E-state index < -0.39 is 0 Å². The van der Waals surface area contributed by atoms with Crippen molar-refractivity contribution in [2.45, 2.75) is 57.5 Å². The zero-order valence-electron chi connectivity index (χ0n) is 17.5. The Bertz CT molecular complexity index is 776. The molecule has 0 aliphatic carbocycles. The highest BCUT2D eigenvalue weighted by Gasteiger charge is 2.24. The molecule has 0 spiro atoms. The molecule has 2 unspecified atom stereocenters. The van der Waals surface area contributed by atoms with Gasteiger partial charge in [-0.25, -0.2) is 4.39 Å². The van der Waals surface area contributed by atoms with Crippen molar-refractivity contribution in [2.75, 3.05) is 13.6 Å². The third-order valence-electron chi connectivity index (χ3n) is 5.70. The Kier molecular flexibility index (Phi) is 7.78. The van der Waals surface area contributed by atoms with Crippen LogP contribution < -0.4 is 10.9 Å². The van der Waals surface area contributed by atoms with Gasteiger partial charge in [-0.05, 0) is 62.3 Å². The highest BCUT2D eigenvalue weighted by atomic mass is 19.1. The van der Waals surface area contributed by atoms with Crippen LogP contribution in [0.2, 0.25) is 0 Å². The molecule has 2 N–H and O–H groups in total. The monoisotopic (exact) mass is 397 g/mol. The van der Waals surface area contributed by atoms with Gasteiger partial charge in [0.2, 0.25) is 5.91 Å². The third-order valence-corrected chi connectivity index (χ3v) is 5.70. The van der Waals surface area contributed by atoms with Crippen molar-refractivity contribution >= 4 is 5.91 Å². The number of hydrazine groups is 1. The first-order valence-corrected chi connectivity index (χ1v) is 10.6. The fourth-order valence-electron chi connectivity index (χ4n) is 3.81. The van der Waals surface area contributed by atoms with Gasteiger partial charge in [0.1, 0.15) is 5.82 Å². The van der Waals surface area contributed by atoms with Crippen LogP contribution in [-0.2, 0) is 11.2 Å². The topological polar surface area (TPSA) is 44.4 Å². The summed E-state index contributed by atoms with van der Waals surface area (Å²) in [6, 6.07) is 15.8. The van der Waals surface area contributed by atoms with Gasteiger partial charge in [-0.3, -0.25) is 15.6 Å². The van der Waals surface area contributed by atoms with E-state index in [1.807, 2.05) is 24.1 Å². The molecule has 5 heteroatoms. The van der Waals surface area contributed by atoms with Crippen molar-refractivity contribution in [1.29, 1.82) is 0 Å². The lowest BCUT2D eigenvalue weighted by molar-refractivity contribution is -0.130. The van der Waals surface area contributed by atoms with Gasteiger partial charge in [0, 0.05) is 32.1 Å². The molecule has 0 bridgehead atoms. The van der Waals surface area contributed by atoms with Crippen molar-refractivity contribution in [2.24, 2.45) is 0 Å². The first kappa shape index (κ1) is 21.5. The Morgan fingerprint density at radius 3 is 2.52 bits per heavy atom. The molecule has 1 amide bonds. The summed E-state index contributed by atoms with van der Waals surface area (Å²) in [6.45, 7) is 2.87. The molecular formula is C24H32FN3O. The third kappa shape index (κ3) is 6.65. The van der Waals surface area contributed by atoms with E-state index >= 15 is 0 Å². The number of aryl methyl sites for hydroxylation is 2. The summed E-state index contributed by atoms with van der Waals surface area (Å²) in [5.74, 6) is 0.0154. The molecule has 2 aromatic carbocycles. The summed E-state index contributed by atoms with van der Waals surface area (Å²) in [5, 5.41) is 0. The standard InChI is InChI=1S/C24H32FN3O/c1-18-8-10-19(11-9-18)5-3-7-24(29)28(2)16-4-6-22-17-23(27-26-22)20-12-14-21(25)15-13-20/h8-15,22-23,26-27H,3-7,16-17H2,1-2H3. The smallest absolute Gasteiger partial charge is 0.222 e. The first-order chi connectivity index (χ1) is 14.0. The molecule has 156 valence electrons. The van der Waals surface area contributed by atoms with Crippen molar-refractivity contribution < 1.29 is 9.18 Å². The average Bonchev–Trinajstić information content (AvgIpc) is 3.18. The van der Waals surface area contributed by atoms with Crippen LogP contribution in [-0.4, -0.2) is 30.4 Å². The van der Waals surface area contributed by atoms with E-state index in [1.165, 1.54) is 23.3 Å². The lowest BCUT2D eigenvalue weighted by atomic mass is 9.99. The number of amides is 1. The number of hydrogen-bond donors (Lipinski definition) is 2. The minimum atomic E-state index is -0.206. The molecule has 1 fully saturated rings. The Morgan fingerprint density at radius 1 is 1.07 bits per heavy atom. The number of halogens is 1. The second kappa shape index (κ2) is 10.5. The van der Waals surface area contributed by atoms with Gasteiger partial charge >= 0.3 is 0 Å². The van der Waals surface area contributed by atoms with Crippen LogP contribution in [0.1, 0.15) is 54.8 Å². The van der Waals surface area contributed by atoms with Crippen LogP contribution >= 0.6 is 0 Å². The molecule has 1 heterocycles. The van der Waals surface area contributed by atoms with Crippen LogP contribution in [0.15, 0.2) is 48.5 Å². The molecule has 3 rings (SSSR count). The predicted octanol–water partition coefficient (Wildman–Crippen LogP) is 4.30. The molecular weight excluding hydrogens is 365 g/mol. The minimum absolute atomic E-state index is 0.206. The Labute approximate surface area is 173 Å². The van der Waals surface area contributed by atoms with E-state index in [9.17, 15) is 9.18 Å². The highest BCUT2D eigenvalue weighted by molar-refractivity contribution is 5.75. The van der Waals surface area contributed by atoms with E-state index in [-0.39, 0.29) is 17.8 Å². The van der Waals surface area contributed by atoms with Crippen LogP contribution in [0.4, 0.5) is 4.39 Å². The van der Waals surface area contributed by atoms with Crippen molar-refractivity contribution in [3.8, 4) is 0 Å². The molecule has 4 nitrogen and oxygen atoms in total. The number of hydrogen-bond acceptors (Lipinski definition) is 3. The van der Waals surface area contributed by atoms with Gasteiger partial charge in [0.15, 0.2) is 0 Å². The maximum absolute atomic E-state index is 13.1. The Balaban J connectivity index is 1.31. The van der Waals surface area contributed by atoms with E-state index in [0.29, 0.717) is 12.5 Å². The summed E-state index contributed by atoms with van der Waals surface area (Å²) < 4.78 is 13.1. The number of nitrogens with one attached hydrogen (secondary N) is 2. The fourth-order valence-corrected chi connectivity index (χ4v) is 3.81. The maximum atomic E-state index is 13.1. The lowest BCUT2D eigenvalue weighted by Crippen LogP contribution is -2.32. The second-order valence-electron chi connectivity index (χ2n) is 8.12. The lowest BCUT2D eigenvalue weighted by Gasteiger charge is -2.18. The van der Waals surface area contributed by atoms with Crippen LogP contribution in [0.5, 0.6) is 0 Å². The van der Waals surface area contributed by atoms with E-state index in [2.05, 4.69) is 42.0 Å². The van der Waals surface area contributed by atoms with Crippen LogP contribution in [0, 0.1) is 12.7 Å². The molecule has 29 heavy (non-hydrogen) atoms. The van der Waals surface area contributed by atoms with Crippen LogP contribution in [0.25, 0.3) is 0 Å². The molecule has 1 aliphatic rings. The number of nitrogens with zero attached hydrogens (tertiary/aromatic N) is 1. The zero-order chi connectivity index (χ0) is 20.6. The summed E-state index contributed by atoms with van der Waals surface area (Å²) in [6.07, 6.45) is 5.38. The molecule has 0 radical (unpaired) electrons. The SMILES string of the molecule is Cc1ccc(CCCC(=O)N(C)CCCC2CC(c3ccc(F)cc3)NN2)cc1. The quantitative estimate of drug-likeness (QED) is 0.663. The minimum Gasteiger partial charge on any atom is -0.346 e. The second-order valence-corrected chi connectivity index (χ2v) is 8.12. The van der Waals surface area contributed by atoms with Gasteiger partial charge in [-0.1, -0.05) is 42.0 Å². The van der Waals surface area contributed by atoms with E-state index in [1.54, 1.807) is 0 Å². The Hall–Kier alpha value is -2.24. The fraction of sp³-hybridized carbons (Fsp3) is 0.458. The molecule has 0 aromatic heterocycles.